The number of carbonyl (C=O) groups is 2. The fraction of sp³-hybridized carbons (Fsp3) is 0.571. The monoisotopic (exact) mass is 894 g/mol. The number of hydrogen-bond acceptors (Lipinski definition) is 18. The van der Waals surface area contributed by atoms with Crippen LogP contribution in [0.25, 0.3) is 22.3 Å². The van der Waals surface area contributed by atoms with E-state index >= 15 is 0 Å². The maximum absolute atomic E-state index is 13.7. The summed E-state index contributed by atoms with van der Waals surface area (Å²) >= 11 is 10.6. The number of quaternary nitrogens is 2. The van der Waals surface area contributed by atoms with Gasteiger partial charge in [0.1, 0.15) is 31.1 Å². The number of ether oxygens (including phenoxy) is 2. The van der Waals surface area contributed by atoms with E-state index in [9.17, 15) is 38.8 Å². The van der Waals surface area contributed by atoms with Gasteiger partial charge in [0.15, 0.2) is 34.8 Å². The summed E-state index contributed by atoms with van der Waals surface area (Å²) < 4.78 is 39.6. The van der Waals surface area contributed by atoms with Gasteiger partial charge in [-0.05, 0) is 0 Å². The van der Waals surface area contributed by atoms with Crippen molar-refractivity contribution in [3.63, 3.8) is 0 Å². The number of nitrogens with zero attached hydrogens (tertiary/aromatic N) is 6. The largest absolute Gasteiger partial charge is 0.789 e. The van der Waals surface area contributed by atoms with Gasteiger partial charge in [-0.1, -0.05) is 39.5 Å². The maximum atomic E-state index is 13.7. The molecule has 2 unspecified atom stereocenters. The van der Waals surface area contributed by atoms with Gasteiger partial charge in [-0.2, -0.15) is 9.97 Å². The number of amides is 2. The first-order chi connectivity index (χ1) is 26.3. The van der Waals surface area contributed by atoms with E-state index in [-0.39, 0.29) is 46.5 Å². The molecule has 10 atom stereocenters. The van der Waals surface area contributed by atoms with Crippen molar-refractivity contribution in [3.05, 3.63) is 33.4 Å². The van der Waals surface area contributed by atoms with Crippen LogP contribution in [0.2, 0.25) is 0 Å². The third-order valence-electron chi connectivity index (χ3n) is 9.13. The summed E-state index contributed by atoms with van der Waals surface area (Å²) in [5, 5.41) is 33.3. The molecule has 30 heteroatoms. The first kappa shape index (κ1) is 45.5. The number of aromatic amines is 2. The van der Waals surface area contributed by atoms with Gasteiger partial charge in [0.2, 0.25) is 23.7 Å². The van der Waals surface area contributed by atoms with Crippen LogP contribution in [0.1, 0.15) is 40.2 Å². The minimum atomic E-state index is -4.30. The van der Waals surface area contributed by atoms with Crippen molar-refractivity contribution in [1.82, 2.24) is 61.5 Å². The Hall–Kier alpha value is -3.57. The van der Waals surface area contributed by atoms with E-state index in [1.165, 1.54) is 21.8 Å². The van der Waals surface area contributed by atoms with Crippen molar-refractivity contribution in [2.45, 2.75) is 76.7 Å². The number of hydrogen-bond donors (Lipinski definition) is 10. The summed E-state index contributed by atoms with van der Waals surface area (Å²) in [6, 6.07) is -2.63. The summed E-state index contributed by atoms with van der Waals surface area (Å²) in [4.78, 5) is 85.5. The van der Waals surface area contributed by atoms with Crippen LogP contribution in [-0.2, 0) is 56.7 Å². The number of H-pyrrole nitrogens is 2. The molecule has 7 rings (SSSR count). The smallest absolute Gasteiger partial charge is 0.280 e. The predicted octanol–water partition coefficient (Wildman–Crippen LogP) is -1.09. The van der Waals surface area contributed by atoms with Gasteiger partial charge in [0.05, 0.1) is 44.6 Å². The molecule has 0 aliphatic carbocycles. The maximum Gasteiger partial charge on any atom is 0.280 e. The lowest BCUT2D eigenvalue weighted by atomic mass is 10.1. The van der Waals surface area contributed by atoms with Crippen molar-refractivity contribution >= 4 is 83.5 Å². The fourth-order valence-corrected chi connectivity index (χ4v) is 9.50. The second-order valence-corrected chi connectivity index (χ2v) is 19.7. The van der Waals surface area contributed by atoms with E-state index in [2.05, 4.69) is 50.7 Å². The van der Waals surface area contributed by atoms with Gasteiger partial charge in [-0.15, -0.1) is 0 Å². The normalized spacial score (nSPS) is 31.5. The van der Waals surface area contributed by atoms with Crippen LogP contribution in [-0.4, -0.2) is 111 Å². The molecule has 0 aromatic carbocycles. The molecule has 3 aliphatic rings. The van der Waals surface area contributed by atoms with E-state index in [1.807, 2.05) is 0 Å². The molecule has 3 aliphatic heterocycles. The summed E-state index contributed by atoms with van der Waals surface area (Å²) in [7, 11) is 0. The number of nitrogens with one attached hydrogen (secondary N) is 6. The zero-order valence-electron chi connectivity index (χ0n) is 31.7. The van der Waals surface area contributed by atoms with Crippen molar-refractivity contribution < 1.29 is 47.8 Å². The predicted molar refractivity (Wildman–Crippen MR) is 210 cm³/mol. The molecule has 2 amide bonds. The van der Waals surface area contributed by atoms with Gasteiger partial charge < -0.3 is 62.7 Å². The highest BCUT2D eigenvalue weighted by molar-refractivity contribution is 8.33. The Morgan fingerprint density at radius 3 is 1.69 bits per heavy atom. The molecule has 7 heterocycles. The Labute approximate surface area is 337 Å². The lowest BCUT2D eigenvalue weighted by molar-refractivity contribution is -0.190. The Bertz CT molecular complexity index is 2250. The standard InChI is InChI=1S/C28H38N12O12P2S2.2H3N/c1-9(2)21(43)33-27-31-19-15(23(45)35-27)29-7-39(19)25-17(41)13-11(51-25)5-49-54(48,56)38-14-12(6-50-53(47,55)37-13)52-26(18(14)42)40-8-30-16-20(40)32-28(36-24(16)46)34-22(44)10(3)4;;/h7-14,17-18,25-26,41-42H,5-6H2,1-4H3,(H2,37,47,55)(H2,38,48,56)(H2,31,33,35,43,45)(H2,32,34,36,44,46);2*1H3/t11-,12-,13-,14-,17-,18-,25-,26-,53?,54?;;/m1../s1. The first-order valence-corrected chi connectivity index (χ1v) is 22.3. The summed E-state index contributed by atoms with van der Waals surface area (Å²) in [5.74, 6) is -2.11. The van der Waals surface area contributed by atoms with Crippen molar-refractivity contribution in [1.29, 1.82) is 0 Å². The van der Waals surface area contributed by atoms with Gasteiger partial charge in [0.25, 0.3) is 11.1 Å². The molecule has 0 spiro atoms. The number of rotatable bonds is 6. The highest BCUT2D eigenvalue weighted by atomic mass is 32.7. The van der Waals surface area contributed by atoms with Gasteiger partial charge >= 0.3 is 0 Å². The average Bonchev–Trinajstić information content (AvgIpc) is 3.87. The zero-order chi connectivity index (χ0) is 40.4. The molecule has 0 radical (unpaired) electrons. The molecule has 16 N–H and O–H groups in total. The second-order valence-electron chi connectivity index (χ2n) is 13.8. The quantitative estimate of drug-likeness (QED) is 0.0812. The minimum absolute atomic E-state index is 0. The average molecular weight is 895 g/mol. The van der Waals surface area contributed by atoms with E-state index < -0.39 is 110 Å². The Morgan fingerprint density at radius 1 is 0.845 bits per heavy atom. The summed E-state index contributed by atoms with van der Waals surface area (Å²) in [6.07, 6.45) is -6.12. The molecule has 320 valence electrons. The Balaban J connectivity index is 0.00000320. The van der Waals surface area contributed by atoms with Crippen LogP contribution in [0, 0.1) is 11.8 Å². The number of aliphatic hydroxyl groups is 2. The molecular formula is C28H44N14O12P2S2. The number of fused-ring (bicyclic) bond motifs is 4. The van der Waals surface area contributed by atoms with Crippen LogP contribution < -0.4 is 49.1 Å². The zero-order valence-corrected chi connectivity index (χ0v) is 35.1. The Morgan fingerprint density at radius 2 is 1.26 bits per heavy atom. The van der Waals surface area contributed by atoms with E-state index in [1.54, 1.807) is 27.7 Å². The van der Waals surface area contributed by atoms with Crippen LogP contribution in [0.5, 0.6) is 0 Å². The minimum Gasteiger partial charge on any atom is -0.789 e. The highest BCUT2D eigenvalue weighted by Crippen LogP contribution is 2.47. The van der Waals surface area contributed by atoms with Crippen LogP contribution in [0.4, 0.5) is 11.9 Å². The first-order valence-electron chi connectivity index (χ1n) is 17.0. The second kappa shape index (κ2) is 17.2. The third-order valence-corrected chi connectivity index (χ3v) is 12.6. The van der Waals surface area contributed by atoms with Crippen LogP contribution >= 0.6 is 13.4 Å². The topological polar surface area (TPSA) is 400 Å². The van der Waals surface area contributed by atoms with Crippen LogP contribution in [0.15, 0.2) is 22.2 Å². The number of aliphatic hydroxyl groups excluding tert-OH is 2. The fourth-order valence-electron chi connectivity index (χ4n) is 6.20. The third kappa shape index (κ3) is 8.96. The van der Waals surface area contributed by atoms with Gasteiger partial charge in [-0.3, -0.25) is 59.1 Å². The van der Waals surface area contributed by atoms with Crippen molar-refractivity contribution in [2.24, 2.45) is 11.8 Å². The van der Waals surface area contributed by atoms with Crippen molar-refractivity contribution in [3.8, 4) is 0 Å². The molecule has 3 fully saturated rings. The van der Waals surface area contributed by atoms with E-state index in [0.717, 1.165) is 0 Å². The Kier molecular flexibility index (Phi) is 13.5. The highest BCUT2D eigenvalue weighted by Gasteiger charge is 2.49. The van der Waals surface area contributed by atoms with Crippen molar-refractivity contribution in [2.75, 3.05) is 23.8 Å². The molecule has 3 saturated heterocycles. The number of imidazole rings is 2. The summed E-state index contributed by atoms with van der Waals surface area (Å²) in [5.41, 5.74) is -1.86. The molecule has 58 heavy (non-hydrogen) atoms. The molecular weight excluding hydrogens is 850 g/mol. The summed E-state index contributed by atoms with van der Waals surface area (Å²) in [6.45, 7) is -3.21. The van der Waals surface area contributed by atoms with E-state index in [0.29, 0.717) is 0 Å². The van der Waals surface area contributed by atoms with Crippen LogP contribution in [0.3, 0.4) is 0 Å². The van der Waals surface area contributed by atoms with Gasteiger partial charge in [0, 0.05) is 11.8 Å². The number of aromatic nitrogens is 8. The molecule has 0 saturated carbocycles. The van der Waals surface area contributed by atoms with Gasteiger partial charge in [-0.25, -0.2) is 9.97 Å². The number of carbonyl (C=O) groups excluding carboxylic acids is 2. The molecule has 4 aromatic rings. The molecule has 0 bridgehead atoms. The lowest BCUT2D eigenvalue weighted by Crippen LogP contribution is -2.49. The molecule has 26 nitrogen and oxygen atoms in total. The lowest BCUT2D eigenvalue weighted by Gasteiger charge is -2.38. The molecule has 4 aromatic heterocycles. The number of anilines is 2. The SMILES string of the molecule is CC(C)C(=O)Nc1nc2c(ncn2[C@@H]2O[C@@H]3COP([O-])(=S)N[C@H]4[C@@H](O)[C@H](n5cnc6c(=O)[nH]c(NC(=O)C(C)C)nc65)O[C@@H]4COP(=O)([S-])N[C@H]3[C@H]2O)c(=O)[nH]1.[NH4+].[NH4+]. The van der Waals surface area contributed by atoms with E-state index in [4.69, 9.17) is 42.6 Å².